The Morgan fingerprint density at radius 1 is 1.35 bits per heavy atom. The summed E-state index contributed by atoms with van der Waals surface area (Å²) in [6, 6.07) is 0.911. The van der Waals surface area contributed by atoms with Crippen molar-refractivity contribution in [3.05, 3.63) is 0 Å². The van der Waals surface area contributed by atoms with Crippen LogP contribution in [0, 0.1) is 0 Å². The number of carbonyl (C=O) groups excluding carboxylic acids is 1. The van der Waals surface area contributed by atoms with E-state index in [0.717, 1.165) is 13.0 Å². The maximum atomic E-state index is 11.8. The van der Waals surface area contributed by atoms with Crippen LogP contribution in [-0.2, 0) is 4.79 Å². The van der Waals surface area contributed by atoms with Gasteiger partial charge in [-0.2, -0.15) is 0 Å². The Hall–Kier alpha value is -0.610. The number of hydrogen-bond acceptors (Lipinski definition) is 3. The van der Waals surface area contributed by atoms with Crippen LogP contribution in [0.1, 0.15) is 45.4 Å². The Balaban J connectivity index is 2.04. The molecule has 2 atom stereocenters. The van der Waals surface area contributed by atoms with Gasteiger partial charge in [-0.25, -0.2) is 0 Å². The van der Waals surface area contributed by atoms with Gasteiger partial charge in [-0.3, -0.25) is 10.1 Å². The highest BCUT2D eigenvalue weighted by Gasteiger charge is 2.46. The van der Waals surface area contributed by atoms with Crippen molar-refractivity contribution in [2.24, 2.45) is 5.73 Å². The summed E-state index contributed by atoms with van der Waals surface area (Å²) in [7, 11) is 2.07. The first-order chi connectivity index (χ1) is 8.03. The van der Waals surface area contributed by atoms with Gasteiger partial charge in [0.1, 0.15) is 5.54 Å². The van der Waals surface area contributed by atoms with Gasteiger partial charge in [0.05, 0.1) is 0 Å². The van der Waals surface area contributed by atoms with Crippen LogP contribution < -0.4 is 11.1 Å². The SMILES string of the molecule is CC1CC(NC2CCCCC2)(C(N)=O)CN1C. The number of hydrogen-bond donors (Lipinski definition) is 2. The zero-order chi connectivity index (χ0) is 12.5. The van der Waals surface area contributed by atoms with Crippen molar-refractivity contribution in [1.82, 2.24) is 10.2 Å². The van der Waals surface area contributed by atoms with Crippen LogP contribution in [-0.4, -0.2) is 42.0 Å². The predicted molar refractivity (Wildman–Crippen MR) is 68.6 cm³/mol. The van der Waals surface area contributed by atoms with Crippen molar-refractivity contribution in [3.8, 4) is 0 Å². The van der Waals surface area contributed by atoms with Crippen molar-refractivity contribution in [2.75, 3.05) is 13.6 Å². The molecule has 4 nitrogen and oxygen atoms in total. The van der Waals surface area contributed by atoms with Gasteiger partial charge < -0.3 is 10.6 Å². The van der Waals surface area contributed by atoms with Gasteiger partial charge in [-0.15, -0.1) is 0 Å². The van der Waals surface area contributed by atoms with E-state index < -0.39 is 5.54 Å². The number of nitrogens with one attached hydrogen (secondary N) is 1. The molecular weight excluding hydrogens is 214 g/mol. The summed E-state index contributed by atoms with van der Waals surface area (Å²) in [6.07, 6.45) is 7.10. The first-order valence-electron chi connectivity index (χ1n) is 6.81. The largest absolute Gasteiger partial charge is 0.368 e. The number of rotatable bonds is 3. The highest BCUT2D eigenvalue weighted by atomic mass is 16.1. The Morgan fingerprint density at radius 3 is 2.47 bits per heavy atom. The fourth-order valence-corrected chi connectivity index (χ4v) is 3.30. The predicted octanol–water partition coefficient (Wildman–Crippen LogP) is 0.857. The molecule has 2 aliphatic rings. The summed E-state index contributed by atoms with van der Waals surface area (Å²) in [4.78, 5) is 14.0. The molecule has 1 aliphatic carbocycles. The van der Waals surface area contributed by atoms with E-state index in [2.05, 4.69) is 24.2 Å². The number of amides is 1. The van der Waals surface area contributed by atoms with Crippen molar-refractivity contribution in [2.45, 2.75) is 63.1 Å². The Kier molecular flexibility index (Phi) is 3.73. The minimum Gasteiger partial charge on any atom is -0.368 e. The molecule has 2 fully saturated rings. The first kappa shape index (κ1) is 12.8. The Labute approximate surface area is 104 Å². The van der Waals surface area contributed by atoms with Crippen LogP contribution in [0.5, 0.6) is 0 Å². The van der Waals surface area contributed by atoms with Crippen molar-refractivity contribution < 1.29 is 4.79 Å². The Morgan fingerprint density at radius 2 is 2.00 bits per heavy atom. The molecule has 0 radical (unpaired) electrons. The molecule has 17 heavy (non-hydrogen) atoms. The molecule has 1 heterocycles. The second kappa shape index (κ2) is 4.94. The number of nitrogens with two attached hydrogens (primary N) is 1. The van der Waals surface area contributed by atoms with E-state index in [4.69, 9.17) is 5.73 Å². The molecule has 1 saturated heterocycles. The molecular formula is C13H25N3O. The third-order valence-corrected chi connectivity index (χ3v) is 4.47. The average molecular weight is 239 g/mol. The molecule has 0 bridgehead atoms. The normalized spacial score (nSPS) is 36.2. The minimum absolute atomic E-state index is 0.181. The molecule has 3 N–H and O–H groups in total. The fourth-order valence-electron chi connectivity index (χ4n) is 3.30. The first-order valence-corrected chi connectivity index (χ1v) is 6.81. The molecule has 98 valence electrons. The maximum absolute atomic E-state index is 11.8. The van der Waals surface area contributed by atoms with Crippen LogP contribution in [0.15, 0.2) is 0 Å². The van der Waals surface area contributed by atoms with Gasteiger partial charge in [0.2, 0.25) is 5.91 Å². The Bertz CT molecular complexity index is 276. The molecule has 0 aromatic carbocycles. The van der Waals surface area contributed by atoms with E-state index in [0.29, 0.717) is 12.1 Å². The monoisotopic (exact) mass is 239 g/mol. The molecule has 2 rings (SSSR count). The minimum atomic E-state index is -0.490. The second-order valence-corrected chi connectivity index (χ2v) is 5.89. The van der Waals surface area contributed by atoms with E-state index in [-0.39, 0.29) is 5.91 Å². The number of likely N-dealkylation sites (N-methyl/N-ethyl adjacent to an activating group) is 1. The number of carbonyl (C=O) groups is 1. The van der Waals surface area contributed by atoms with E-state index in [1.54, 1.807) is 0 Å². The summed E-state index contributed by atoms with van der Waals surface area (Å²) in [5, 5.41) is 3.58. The van der Waals surface area contributed by atoms with Gasteiger partial charge in [0.15, 0.2) is 0 Å². The zero-order valence-corrected chi connectivity index (χ0v) is 11.0. The van der Waals surface area contributed by atoms with Gasteiger partial charge in [0.25, 0.3) is 0 Å². The van der Waals surface area contributed by atoms with Gasteiger partial charge in [-0.05, 0) is 33.2 Å². The molecule has 1 saturated carbocycles. The third kappa shape index (κ3) is 2.63. The van der Waals surface area contributed by atoms with E-state index >= 15 is 0 Å². The van der Waals surface area contributed by atoms with Gasteiger partial charge in [0, 0.05) is 18.6 Å². The van der Waals surface area contributed by atoms with Crippen molar-refractivity contribution in [1.29, 1.82) is 0 Å². The van der Waals surface area contributed by atoms with E-state index in [1.807, 2.05) is 0 Å². The fraction of sp³-hybridized carbons (Fsp3) is 0.923. The highest BCUT2D eigenvalue weighted by Crippen LogP contribution is 2.28. The quantitative estimate of drug-likeness (QED) is 0.768. The molecule has 0 spiro atoms. The third-order valence-electron chi connectivity index (χ3n) is 4.47. The van der Waals surface area contributed by atoms with Crippen LogP contribution in [0.3, 0.4) is 0 Å². The average Bonchev–Trinajstić information content (AvgIpc) is 2.57. The summed E-state index contributed by atoms with van der Waals surface area (Å²) < 4.78 is 0. The topological polar surface area (TPSA) is 58.4 Å². The highest BCUT2D eigenvalue weighted by molar-refractivity contribution is 5.85. The molecule has 2 unspecified atom stereocenters. The van der Waals surface area contributed by atoms with Crippen LogP contribution in [0.2, 0.25) is 0 Å². The lowest BCUT2D eigenvalue weighted by Crippen LogP contribution is -2.60. The number of nitrogens with zero attached hydrogens (tertiary/aromatic N) is 1. The lowest BCUT2D eigenvalue weighted by molar-refractivity contribution is -0.124. The molecule has 1 aliphatic heterocycles. The van der Waals surface area contributed by atoms with E-state index in [9.17, 15) is 4.79 Å². The lowest BCUT2D eigenvalue weighted by atomic mass is 9.89. The molecule has 4 heteroatoms. The van der Waals surface area contributed by atoms with E-state index in [1.165, 1.54) is 32.1 Å². The van der Waals surface area contributed by atoms with Gasteiger partial charge in [-0.1, -0.05) is 19.3 Å². The zero-order valence-electron chi connectivity index (χ0n) is 11.0. The summed E-state index contributed by atoms with van der Waals surface area (Å²) in [5.74, 6) is -0.181. The maximum Gasteiger partial charge on any atom is 0.239 e. The molecule has 1 amide bonds. The number of primary amides is 1. The second-order valence-electron chi connectivity index (χ2n) is 5.89. The van der Waals surface area contributed by atoms with Crippen LogP contribution >= 0.6 is 0 Å². The summed E-state index contributed by atoms with van der Waals surface area (Å²) >= 11 is 0. The molecule has 0 aromatic rings. The van der Waals surface area contributed by atoms with Crippen molar-refractivity contribution >= 4 is 5.91 Å². The van der Waals surface area contributed by atoms with Crippen LogP contribution in [0.4, 0.5) is 0 Å². The van der Waals surface area contributed by atoms with Crippen molar-refractivity contribution in [3.63, 3.8) is 0 Å². The number of likely N-dealkylation sites (tertiary alicyclic amines) is 1. The van der Waals surface area contributed by atoms with Gasteiger partial charge >= 0.3 is 0 Å². The summed E-state index contributed by atoms with van der Waals surface area (Å²) in [6.45, 7) is 2.91. The standard InChI is InChI=1S/C13H25N3O/c1-10-8-13(12(14)17,9-16(10)2)15-11-6-4-3-5-7-11/h10-11,15H,3-9H2,1-2H3,(H2,14,17). The summed E-state index contributed by atoms with van der Waals surface area (Å²) in [5.41, 5.74) is 5.16. The smallest absolute Gasteiger partial charge is 0.239 e. The lowest BCUT2D eigenvalue weighted by Gasteiger charge is -2.34. The molecule has 0 aromatic heterocycles. The van der Waals surface area contributed by atoms with Crippen LogP contribution in [0.25, 0.3) is 0 Å².